The van der Waals surface area contributed by atoms with Crippen LogP contribution in [0.1, 0.15) is 45.4 Å². The van der Waals surface area contributed by atoms with Crippen LogP contribution in [0.15, 0.2) is 0 Å². The molecule has 4 heteroatoms. The van der Waals surface area contributed by atoms with Crippen LogP contribution in [-0.4, -0.2) is 42.1 Å². The smallest absolute Gasteiger partial charge is 0.223 e. The van der Waals surface area contributed by atoms with Crippen LogP contribution in [0.25, 0.3) is 0 Å². The lowest BCUT2D eigenvalue weighted by Gasteiger charge is -2.37. The third-order valence-electron chi connectivity index (χ3n) is 3.94. The highest BCUT2D eigenvalue weighted by Crippen LogP contribution is 2.35. The maximum absolute atomic E-state index is 12.2. The number of carbonyl (C=O) groups is 1. The van der Waals surface area contributed by atoms with Crippen LogP contribution in [0.2, 0.25) is 0 Å². The molecule has 2 heterocycles. The van der Waals surface area contributed by atoms with E-state index in [9.17, 15) is 4.79 Å². The molecular weight excluding hydrogens is 216 g/mol. The van der Waals surface area contributed by atoms with Crippen LogP contribution in [-0.2, 0) is 9.53 Å². The highest BCUT2D eigenvalue weighted by molar-refractivity contribution is 5.77. The lowest BCUT2D eigenvalue weighted by atomic mass is 9.97. The third kappa shape index (κ3) is 2.99. The second-order valence-corrected chi connectivity index (χ2v) is 5.22. The van der Waals surface area contributed by atoms with Crippen molar-refractivity contribution in [1.82, 2.24) is 4.90 Å². The van der Waals surface area contributed by atoms with E-state index in [-0.39, 0.29) is 0 Å². The van der Waals surface area contributed by atoms with Gasteiger partial charge in [-0.15, -0.1) is 0 Å². The van der Waals surface area contributed by atoms with E-state index in [0.717, 1.165) is 38.7 Å². The summed E-state index contributed by atoms with van der Waals surface area (Å²) in [6.45, 7) is 3.41. The van der Waals surface area contributed by atoms with E-state index in [1.54, 1.807) is 0 Å². The Balaban J connectivity index is 1.80. The number of piperidine rings is 1. The molecule has 98 valence electrons. The molecule has 17 heavy (non-hydrogen) atoms. The van der Waals surface area contributed by atoms with Gasteiger partial charge in [-0.3, -0.25) is 4.79 Å². The molecule has 4 nitrogen and oxygen atoms in total. The quantitative estimate of drug-likeness (QED) is 0.737. The molecule has 0 spiro atoms. The lowest BCUT2D eigenvalue weighted by Crippen LogP contribution is -2.50. The largest absolute Gasteiger partial charge is 0.382 e. The van der Waals surface area contributed by atoms with Crippen molar-refractivity contribution < 1.29 is 9.53 Å². The van der Waals surface area contributed by atoms with E-state index < -0.39 is 0 Å². The highest BCUT2D eigenvalue weighted by Gasteiger charge is 2.41. The molecule has 2 unspecified atom stereocenters. The van der Waals surface area contributed by atoms with Gasteiger partial charge in [-0.1, -0.05) is 0 Å². The SMILES string of the molecule is CCOCCCC(=O)N1C2CCC1CC(N)C2. The van der Waals surface area contributed by atoms with Gasteiger partial charge in [0.05, 0.1) is 0 Å². The second-order valence-electron chi connectivity index (χ2n) is 5.22. The molecule has 2 N–H and O–H groups in total. The van der Waals surface area contributed by atoms with Crippen LogP contribution < -0.4 is 5.73 Å². The van der Waals surface area contributed by atoms with Crippen LogP contribution >= 0.6 is 0 Å². The normalized spacial score (nSPS) is 31.9. The van der Waals surface area contributed by atoms with Crippen LogP contribution in [0.4, 0.5) is 0 Å². The van der Waals surface area contributed by atoms with Crippen LogP contribution in [0.3, 0.4) is 0 Å². The molecule has 0 aromatic rings. The highest BCUT2D eigenvalue weighted by atomic mass is 16.5. The van der Waals surface area contributed by atoms with E-state index in [1.165, 1.54) is 0 Å². The first-order chi connectivity index (χ1) is 8.22. The molecule has 2 fully saturated rings. The van der Waals surface area contributed by atoms with E-state index in [0.29, 0.717) is 37.1 Å². The van der Waals surface area contributed by atoms with E-state index in [2.05, 4.69) is 4.90 Å². The van der Waals surface area contributed by atoms with E-state index >= 15 is 0 Å². The van der Waals surface area contributed by atoms with Gasteiger partial charge in [0.15, 0.2) is 0 Å². The van der Waals surface area contributed by atoms with Gasteiger partial charge >= 0.3 is 0 Å². The predicted octanol–water partition coefficient (Wildman–Crippen LogP) is 1.28. The minimum absolute atomic E-state index is 0.306. The summed E-state index contributed by atoms with van der Waals surface area (Å²) in [7, 11) is 0. The number of nitrogens with zero attached hydrogens (tertiary/aromatic N) is 1. The molecule has 2 aliphatic heterocycles. The zero-order valence-electron chi connectivity index (χ0n) is 10.7. The summed E-state index contributed by atoms with van der Waals surface area (Å²) >= 11 is 0. The minimum Gasteiger partial charge on any atom is -0.382 e. The summed E-state index contributed by atoms with van der Waals surface area (Å²) < 4.78 is 5.27. The number of amides is 1. The number of hydrogen-bond acceptors (Lipinski definition) is 3. The Kier molecular flexibility index (Phi) is 4.40. The Bertz CT molecular complexity index is 256. The fourth-order valence-corrected chi connectivity index (χ4v) is 3.23. The molecule has 2 bridgehead atoms. The number of ether oxygens (including phenoxy) is 1. The summed E-state index contributed by atoms with van der Waals surface area (Å²) in [6.07, 6.45) is 5.75. The van der Waals surface area contributed by atoms with Crippen molar-refractivity contribution in [2.45, 2.75) is 63.6 Å². The van der Waals surface area contributed by atoms with Crippen molar-refractivity contribution >= 4 is 5.91 Å². The van der Waals surface area contributed by atoms with Crippen molar-refractivity contribution in [3.63, 3.8) is 0 Å². The molecule has 0 aromatic carbocycles. The topological polar surface area (TPSA) is 55.6 Å². The van der Waals surface area contributed by atoms with Gasteiger partial charge in [-0.05, 0) is 39.0 Å². The molecule has 0 aromatic heterocycles. The Morgan fingerprint density at radius 3 is 2.59 bits per heavy atom. The van der Waals surface area contributed by atoms with Crippen molar-refractivity contribution in [2.75, 3.05) is 13.2 Å². The Hall–Kier alpha value is -0.610. The van der Waals surface area contributed by atoms with Crippen molar-refractivity contribution in [1.29, 1.82) is 0 Å². The molecule has 2 atom stereocenters. The van der Waals surface area contributed by atoms with Gasteiger partial charge in [0.1, 0.15) is 0 Å². The average molecular weight is 240 g/mol. The summed E-state index contributed by atoms with van der Waals surface area (Å²) in [4.78, 5) is 14.3. The first-order valence-corrected chi connectivity index (χ1v) is 6.86. The van der Waals surface area contributed by atoms with Gasteiger partial charge in [0, 0.05) is 37.8 Å². The Labute approximate surface area is 103 Å². The van der Waals surface area contributed by atoms with Crippen molar-refractivity contribution in [2.24, 2.45) is 5.73 Å². The maximum atomic E-state index is 12.2. The average Bonchev–Trinajstić information content (AvgIpc) is 2.57. The van der Waals surface area contributed by atoms with Crippen LogP contribution in [0, 0.1) is 0 Å². The molecule has 2 rings (SSSR count). The first-order valence-electron chi connectivity index (χ1n) is 6.86. The molecule has 0 saturated carbocycles. The molecule has 1 amide bonds. The number of carbonyl (C=O) groups excluding carboxylic acids is 1. The number of nitrogens with two attached hydrogens (primary N) is 1. The number of hydrogen-bond donors (Lipinski definition) is 1. The Morgan fingerprint density at radius 2 is 2.00 bits per heavy atom. The monoisotopic (exact) mass is 240 g/mol. The van der Waals surface area contributed by atoms with Gasteiger partial charge < -0.3 is 15.4 Å². The fraction of sp³-hybridized carbons (Fsp3) is 0.923. The molecule has 2 saturated heterocycles. The third-order valence-corrected chi connectivity index (χ3v) is 3.94. The number of rotatable bonds is 5. The van der Waals surface area contributed by atoms with Crippen molar-refractivity contribution in [3.05, 3.63) is 0 Å². The zero-order chi connectivity index (χ0) is 12.3. The summed E-state index contributed by atoms with van der Waals surface area (Å²) in [6, 6.07) is 1.15. The minimum atomic E-state index is 0.306. The van der Waals surface area contributed by atoms with Gasteiger partial charge in [-0.25, -0.2) is 0 Å². The number of fused-ring (bicyclic) bond motifs is 2. The summed E-state index contributed by atoms with van der Waals surface area (Å²) in [5.74, 6) is 0.309. The molecule has 0 aliphatic carbocycles. The molecular formula is C13H24N2O2. The van der Waals surface area contributed by atoms with E-state index in [4.69, 9.17) is 10.5 Å². The van der Waals surface area contributed by atoms with Crippen LogP contribution in [0.5, 0.6) is 0 Å². The lowest BCUT2D eigenvalue weighted by molar-refractivity contribution is -0.136. The zero-order valence-corrected chi connectivity index (χ0v) is 10.7. The second kappa shape index (κ2) is 5.83. The predicted molar refractivity (Wildman–Crippen MR) is 66.6 cm³/mol. The van der Waals surface area contributed by atoms with E-state index in [1.807, 2.05) is 6.92 Å². The van der Waals surface area contributed by atoms with Crippen molar-refractivity contribution in [3.8, 4) is 0 Å². The molecule has 0 radical (unpaired) electrons. The summed E-state index contributed by atoms with van der Waals surface area (Å²) in [5.41, 5.74) is 6.00. The van der Waals surface area contributed by atoms with Gasteiger partial charge in [-0.2, -0.15) is 0 Å². The maximum Gasteiger partial charge on any atom is 0.223 e. The standard InChI is InChI=1S/C13H24N2O2/c1-2-17-7-3-4-13(16)15-11-5-6-12(15)9-10(14)8-11/h10-12H,2-9,14H2,1H3. The molecule has 2 aliphatic rings. The summed E-state index contributed by atoms with van der Waals surface area (Å²) in [5, 5.41) is 0. The fourth-order valence-electron chi connectivity index (χ4n) is 3.23. The van der Waals surface area contributed by atoms with Gasteiger partial charge in [0.25, 0.3) is 0 Å². The van der Waals surface area contributed by atoms with Gasteiger partial charge in [0.2, 0.25) is 5.91 Å². The Morgan fingerprint density at radius 1 is 1.35 bits per heavy atom. The first kappa shape index (κ1) is 12.8.